The molecule has 1 amide bonds. The number of amides is 1. The zero-order valence-electron chi connectivity index (χ0n) is 12.4. The third-order valence-electron chi connectivity index (χ3n) is 4.81. The highest BCUT2D eigenvalue weighted by molar-refractivity contribution is 5.93. The molecule has 2 aliphatic rings. The lowest BCUT2D eigenvalue weighted by molar-refractivity contribution is -0.132. The maximum Gasteiger partial charge on any atom is 0.249 e. The van der Waals surface area contributed by atoms with Gasteiger partial charge in [-0.25, -0.2) is 0 Å². The smallest absolute Gasteiger partial charge is 0.249 e. The van der Waals surface area contributed by atoms with Crippen molar-refractivity contribution in [1.29, 1.82) is 0 Å². The number of hydrogen-bond donors (Lipinski definition) is 0. The number of carbonyl (C=O) groups is 1. The molecule has 0 radical (unpaired) electrons. The van der Waals surface area contributed by atoms with Gasteiger partial charge in [0.15, 0.2) is 0 Å². The van der Waals surface area contributed by atoms with Crippen molar-refractivity contribution >= 4 is 11.6 Å². The van der Waals surface area contributed by atoms with Crippen LogP contribution in [0.1, 0.15) is 19.8 Å². The maximum atomic E-state index is 12.7. The largest absolute Gasteiger partial charge is 0.339 e. The molecule has 1 spiro atoms. The van der Waals surface area contributed by atoms with Gasteiger partial charge in [0, 0.05) is 25.8 Å². The Morgan fingerprint density at radius 1 is 1.15 bits per heavy atom. The Labute approximate surface area is 121 Å². The quantitative estimate of drug-likeness (QED) is 0.822. The first-order valence-corrected chi connectivity index (χ1v) is 7.48. The lowest BCUT2D eigenvalue weighted by Gasteiger charge is -2.43. The van der Waals surface area contributed by atoms with Crippen LogP contribution in [0.25, 0.3) is 0 Å². The lowest BCUT2D eigenvalue weighted by Crippen LogP contribution is -2.56. The van der Waals surface area contributed by atoms with Gasteiger partial charge in [-0.3, -0.25) is 4.79 Å². The summed E-state index contributed by atoms with van der Waals surface area (Å²) in [6, 6.07) is 10.3. The highest BCUT2D eigenvalue weighted by atomic mass is 16.2. The van der Waals surface area contributed by atoms with Crippen LogP contribution in [0, 0.1) is 0 Å². The molecule has 0 bridgehead atoms. The summed E-state index contributed by atoms with van der Waals surface area (Å²) in [6.45, 7) is 5.99. The molecule has 2 saturated heterocycles. The minimum absolute atomic E-state index is 0.289. The average Bonchev–Trinajstić information content (AvgIpc) is 2.74. The number of nitrogens with zero attached hydrogens (tertiary/aromatic N) is 3. The van der Waals surface area contributed by atoms with Gasteiger partial charge in [-0.2, -0.15) is 0 Å². The third kappa shape index (κ3) is 1.99. The maximum absolute atomic E-state index is 12.7. The number of hydrogen-bond acceptors (Lipinski definition) is 3. The molecular formula is C16H23N3O. The van der Waals surface area contributed by atoms with Crippen molar-refractivity contribution in [3.8, 4) is 0 Å². The summed E-state index contributed by atoms with van der Waals surface area (Å²) in [5, 5.41) is 0. The Bertz CT molecular complexity index is 480. The molecule has 0 aliphatic carbocycles. The molecule has 0 saturated carbocycles. The molecule has 108 valence electrons. The summed E-state index contributed by atoms with van der Waals surface area (Å²) in [5.74, 6) is 0.289. The summed E-state index contributed by atoms with van der Waals surface area (Å²) in [5.41, 5.74) is 0.844. The predicted molar refractivity (Wildman–Crippen MR) is 80.6 cm³/mol. The molecule has 1 aromatic carbocycles. The second-order valence-corrected chi connectivity index (χ2v) is 5.87. The van der Waals surface area contributed by atoms with Gasteiger partial charge in [-0.05, 0) is 31.5 Å². The van der Waals surface area contributed by atoms with Crippen LogP contribution in [-0.2, 0) is 4.79 Å². The van der Waals surface area contributed by atoms with Crippen molar-refractivity contribution in [3.05, 3.63) is 30.3 Å². The van der Waals surface area contributed by atoms with E-state index in [4.69, 9.17) is 0 Å². The Balaban J connectivity index is 1.91. The van der Waals surface area contributed by atoms with Gasteiger partial charge in [-0.1, -0.05) is 25.1 Å². The zero-order valence-corrected chi connectivity index (χ0v) is 12.4. The minimum Gasteiger partial charge on any atom is -0.339 e. The Morgan fingerprint density at radius 3 is 2.40 bits per heavy atom. The van der Waals surface area contributed by atoms with Crippen molar-refractivity contribution < 1.29 is 4.79 Å². The first kappa shape index (κ1) is 13.4. The summed E-state index contributed by atoms with van der Waals surface area (Å²) >= 11 is 0. The van der Waals surface area contributed by atoms with E-state index in [1.54, 1.807) is 0 Å². The van der Waals surface area contributed by atoms with Gasteiger partial charge in [0.2, 0.25) is 5.91 Å². The van der Waals surface area contributed by atoms with Gasteiger partial charge in [0.1, 0.15) is 5.54 Å². The molecular weight excluding hydrogens is 250 g/mol. The van der Waals surface area contributed by atoms with Gasteiger partial charge in [-0.15, -0.1) is 0 Å². The number of likely N-dealkylation sites (tertiary alicyclic amines) is 1. The number of piperidine rings is 1. The molecule has 20 heavy (non-hydrogen) atoms. The number of likely N-dealkylation sites (N-methyl/N-ethyl adjacent to an activating group) is 1. The van der Waals surface area contributed by atoms with Gasteiger partial charge >= 0.3 is 0 Å². The van der Waals surface area contributed by atoms with Crippen LogP contribution in [0.4, 0.5) is 5.69 Å². The predicted octanol–water partition coefficient (Wildman–Crippen LogP) is 1.78. The SMILES string of the molecule is CCN1CCC2(CC1)C(=O)N(C)CN2c1ccccc1. The second-order valence-electron chi connectivity index (χ2n) is 5.87. The van der Waals surface area contributed by atoms with Crippen molar-refractivity contribution in [1.82, 2.24) is 9.80 Å². The molecule has 2 heterocycles. The molecule has 0 unspecified atom stereocenters. The number of rotatable bonds is 2. The third-order valence-corrected chi connectivity index (χ3v) is 4.81. The molecule has 3 rings (SSSR count). The van der Waals surface area contributed by atoms with E-state index in [1.165, 1.54) is 0 Å². The minimum atomic E-state index is -0.318. The molecule has 0 N–H and O–H groups in total. The summed E-state index contributed by atoms with van der Waals surface area (Å²) in [4.78, 5) is 19.3. The standard InChI is InChI=1S/C16H23N3O/c1-3-18-11-9-16(10-12-18)15(20)17(2)13-19(16)14-7-5-4-6-8-14/h4-8H,3,9-13H2,1-2H3. The van der Waals surface area contributed by atoms with E-state index in [0.29, 0.717) is 6.67 Å². The van der Waals surface area contributed by atoms with Crippen LogP contribution in [0.3, 0.4) is 0 Å². The molecule has 2 fully saturated rings. The number of anilines is 1. The average molecular weight is 273 g/mol. The van der Waals surface area contributed by atoms with E-state index in [0.717, 1.165) is 38.2 Å². The van der Waals surface area contributed by atoms with E-state index in [2.05, 4.69) is 28.9 Å². The lowest BCUT2D eigenvalue weighted by atomic mass is 9.85. The van der Waals surface area contributed by atoms with E-state index in [-0.39, 0.29) is 11.4 Å². The normalized spacial score (nSPS) is 22.8. The van der Waals surface area contributed by atoms with Crippen molar-refractivity contribution in [2.75, 3.05) is 38.3 Å². The summed E-state index contributed by atoms with van der Waals surface area (Å²) < 4.78 is 0. The Hall–Kier alpha value is -1.55. The fourth-order valence-corrected chi connectivity index (χ4v) is 3.54. The topological polar surface area (TPSA) is 26.8 Å². The van der Waals surface area contributed by atoms with E-state index < -0.39 is 0 Å². The van der Waals surface area contributed by atoms with E-state index >= 15 is 0 Å². The van der Waals surface area contributed by atoms with Crippen LogP contribution in [0.15, 0.2) is 30.3 Å². The van der Waals surface area contributed by atoms with Crippen molar-refractivity contribution in [3.63, 3.8) is 0 Å². The molecule has 0 aromatic heterocycles. The van der Waals surface area contributed by atoms with E-state index in [9.17, 15) is 4.79 Å². The fourth-order valence-electron chi connectivity index (χ4n) is 3.54. The Kier molecular flexibility index (Phi) is 3.42. The zero-order chi connectivity index (χ0) is 14.2. The number of carbonyl (C=O) groups excluding carboxylic acids is 1. The number of benzene rings is 1. The molecule has 4 heteroatoms. The van der Waals surface area contributed by atoms with Gasteiger partial charge in [0.25, 0.3) is 0 Å². The molecule has 1 aromatic rings. The molecule has 0 atom stereocenters. The van der Waals surface area contributed by atoms with Crippen LogP contribution in [0.2, 0.25) is 0 Å². The second kappa shape index (κ2) is 5.09. The monoisotopic (exact) mass is 273 g/mol. The van der Waals surface area contributed by atoms with Crippen LogP contribution >= 0.6 is 0 Å². The van der Waals surface area contributed by atoms with Crippen LogP contribution < -0.4 is 4.90 Å². The van der Waals surface area contributed by atoms with Gasteiger partial charge in [0.05, 0.1) is 6.67 Å². The Morgan fingerprint density at radius 2 is 1.80 bits per heavy atom. The highest BCUT2D eigenvalue weighted by Gasteiger charge is 2.52. The number of para-hydroxylation sites is 1. The first-order valence-electron chi connectivity index (χ1n) is 7.48. The molecule has 4 nitrogen and oxygen atoms in total. The van der Waals surface area contributed by atoms with Gasteiger partial charge < -0.3 is 14.7 Å². The molecule has 2 aliphatic heterocycles. The van der Waals surface area contributed by atoms with Crippen molar-refractivity contribution in [2.45, 2.75) is 25.3 Å². The first-order chi connectivity index (χ1) is 9.67. The van der Waals surface area contributed by atoms with Crippen LogP contribution in [0.5, 0.6) is 0 Å². The summed E-state index contributed by atoms with van der Waals surface area (Å²) in [6.07, 6.45) is 1.86. The fraction of sp³-hybridized carbons (Fsp3) is 0.562. The van der Waals surface area contributed by atoms with Crippen molar-refractivity contribution in [2.24, 2.45) is 0 Å². The highest BCUT2D eigenvalue weighted by Crippen LogP contribution is 2.38. The van der Waals surface area contributed by atoms with E-state index in [1.807, 2.05) is 30.1 Å². The van der Waals surface area contributed by atoms with Crippen LogP contribution in [-0.4, -0.2) is 54.6 Å². The summed E-state index contributed by atoms with van der Waals surface area (Å²) in [7, 11) is 1.92.